The third-order valence-electron chi connectivity index (χ3n) is 5.30. The molecule has 1 aromatic heterocycles. The van der Waals surface area contributed by atoms with Crippen LogP contribution in [0.4, 0.5) is 0 Å². The number of hydrogen-bond acceptors (Lipinski definition) is 9. The molecular weight excluding hydrogens is 450 g/mol. The molecule has 1 aliphatic rings. The zero-order valence-electron chi connectivity index (χ0n) is 19.0. The SMILES string of the molecule is CCOC(=O)Cn1cc(CN2CCS(=O)(=O)N(Cc3ccc(C)cc3)C(C(=O)OC)C2)nn1. The van der Waals surface area contributed by atoms with E-state index in [1.165, 1.54) is 16.1 Å². The number of nitrogens with zero attached hydrogens (tertiary/aromatic N) is 5. The average Bonchev–Trinajstić information content (AvgIpc) is 3.16. The Kier molecular flexibility index (Phi) is 8.16. The van der Waals surface area contributed by atoms with E-state index in [0.29, 0.717) is 5.69 Å². The number of aromatic nitrogens is 3. The van der Waals surface area contributed by atoms with Gasteiger partial charge in [0.15, 0.2) is 0 Å². The third-order valence-corrected chi connectivity index (χ3v) is 7.10. The van der Waals surface area contributed by atoms with E-state index in [-0.39, 0.29) is 45.1 Å². The summed E-state index contributed by atoms with van der Waals surface area (Å²) in [5.74, 6) is -1.19. The first kappa shape index (κ1) is 24.8. The fraction of sp³-hybridized carbons (Fsp3) is 0.524. The van der Waals surface area contributed by atoms with E-state index in [4.69, 9.17) is 9.47 Å². The average molecular weight is 480 g/mol. The van der Waals surface area contributed by atoms with Gasteiger partial charge in [0.2, 0.25) is 10.0 Å². The minimum absolute atomic E-state index is 0.0651. The number of carbonyl (C=O) groups excluding carboxylic acids is 2. The van der Waals surface area contributed by atoms with Crippen LogP contribution in [-0.4, -0.2) is 83.2 Å². The van der Waals surface area contributed by atoms with Crippen LogP contribution in [0, 0.1) is 6.92 Å². The lowest BCUT2D eigenvalue weighted by Gasteiger charge is -2.28. The number of hydrogen-bond donors (Lipinski definition) is 0. The second-order valence-corrected chi connectivity index (χ2v) is 9.87. The van der Waals surface area contributed by atoms with E-state index < -0.39 is 28.0 Å². The number of benzene rings is 1. The minimum atomic E-state index is -3.73. The standard InChI is InChI=1S/C21H29N5O6S/c1-4-32-20(27)15-25-13-18(22-23-25)12-24-9-10-33(29,30)26(19(14-24)21(28)31-3)11-17-7-5-16(2)6-8-17/h5-8,13,19H,4,9-12,14-15H2,1-3H3. The number of methoxy groups -OCH3 is 1. The maximum atomic E-state index is 13.1. The summed E-state index contributed by atoms with van der Waals surface area (Å²) in [7, 11) is -2.48. The van der Waals surface area contributed by atoms with Crippen molar-refractivity contribution in [3.8, 4) is 0 Å². The van der Waals surface area contributed by atoms with Crippen molar-refractivity contribution >= 4 is 22.0 Å². The highest BCUT2D eigenvalue weighted by atomic mass is 32.2. The lowest BCUT2D eigenvalue weighted by molar-refractivity contribution is -0.146. The van der Waals surface area contributed by atoms with Gasteiger partial charge in [-0.3, -0.25) is 14.5 Å². The molecule has 1 aromatic carbocycles. The van der Waals surface area contributed by atoms with Crippen LogP contribution in [0.3, 0.4) is 0 Å². The summed E-state index contributed by atoms with van der Waals surface area (Å²) in [5, 5.41) is 7.98. The molecule has 3 rings (SSSR count). The van der Waals surface area contributed by atoms with E-state index in [1.54, 1.807) is 13.1 Å². The highest BCUT2D eigenvalue weighted by Gasteiger charge is 2.39. The van der Waals surface area contributed by atoms with Gasteiger partial charge < -0.3 is 9.47 Å². The number of sulfonamides is 1. The van der Waals surface area contributed by atoms with E-state index in [0.717, 1.165) is 11.1 Å². The van der Waals surface area contributed by atoms with Crippen LogP contribution in [0.25, 0.3) is 0 Å². The summed E-state index contributed by atoms with van der Waals surface area (Å²) >= 11 is 0. The molecule has 0 N–H and O–H groups in total. The maximum absolute atomic E-state index is 13.1. The topological polar surface area (TPSA) is 124 Å². The normalized spacial score (nSPS) is 19.1. The number of esters is 2. The predicted molar refractivity (Wildman–Crippen MR) is 118 cm³/mol. The van der Waals surface area contributed by atoms with Crippen molar-refractivity contribution in [3.05, 3.63) is 47.3 Å². The lowest BCUT2D eigenvalue weighted by atomic mass is 10.1. The van der Waals surface area contributed by atoms with Crippen LogP contribution in [-0.2, 0) is 48.7 Å². The van der Waals surface area contributed by atoms with Gasteiger partial charge in [0.1, 0.15) is 12.6 Å². The highest BCUT2D eigenvalue weighted by Crippen LogP contribution is 2.21. The molecule has 2 heterocycles. The molecule has 2 aromatic rings. The van der Waals surface area contributed by atoms with Gasteiger partial charge in [0, 0.05) is 26.2 Å². The largest absolute Gasteiger partial charge is 0.468 e. The van der Waals surface area contributed by atoms with Crippen LogP contribution in [0.15, 0.2) is 30.5 Å². The highest BCUT2D eigenvalue weighted by molar-refractivity contribution is 7.89. The zero-order valence-corrected chi connectivity index (χ0v) is 19.8. The van der Waals surface area contributed by atoms with Crippen molar-refractivity contribution in [1.29, 1.82) is 0 Å². The van der Waals surface area contributed by atoms with Crippen molar-refractivity contribution < 1.29 is 27.5 Å². The number of aryl methyl sites for hydroxylation is 1. The Morgan fingerprint density at radius 3 is 2.58 bits per heavy atom. The zero-order chi connectivity index (χ0) is 24.0. The molecule has 1 atom stereocenters. The Labute approximate surface area is 193 Å². The maximum Gasteiger partial charge on any atom is 0.327 e. The van der Waals surface area contributed by atoms with E-state index in [2.05, 4.69) is 10.3 Å². The molecule has 0 saturated carbocycles. The molecule has 0 amide bonds. The molecule has 11 nitrogen and oxygen atoms in total. The molecule has 33 heavy (non-hydrogen) atoms. The molecule has 1 unspecified atom stereocenters. The summed E-state index contributed by atoms with van der Waals surface area (Å²) in [4.78, 5) is 26.1. The first-order valence-electron chi connectivity index (χ1n) is 10.6. The quantitative estimate of drug-likeness (QED) is 0.493. The Morgan fingerprint density at radius 2 is 1.91 bits per heavy atom. The molecular formula is C21H29N5O6S. The summed E-state index contributed by atoms with van der Waals surface area (Å²) in [6.07, 6.45) is 1.60. The van der Waals surface area contributed by atoms with Crippen LogP contribution >= 0.6 is 0 Å². The molecule has 0 aliphatic carbocycles. The van der Waals surface area contributed by atoms with Crippen molar-refractivity contribution in [1.82, 2.24) is 24.2 Å². The number of carbonyl (C=O) groups is 2. The van der Waals surface area contributed by atoms with Crippen molar-refractivity contribution in [2.75, 3.05) is 32.6 Å². The number of ether oxygens (including phenoxy) is 2. The molecule has 0 radical (unpaired) electrons. The Balaban J connectivity index is 1.77. The van der Waals surface area contributed by atoms with Gasteiger partial charge in [-0.2, -0.15) is 4.31 Å². The molecule has 1 saturated heterocycles. The second-order valence-electron chi connectivity index (χ2n) is 7.83. The lowest BCUT2D eigenvalue weighted by Crippen LogP contribution is -2.48. The van der Waals surface area contributed by atoms with Crippen LogP contribution in [0.2, 0.25) is 0 Å². The van der Waals surface area contributed by atoms with Gasteiger partial charge in [-0.1, -0.05) is 35.0 Å². The summed E-state index contributed by atoms with van der Waals surface area (Å²) in [6, 6.07) is 6.50. The molecule has 12 heteroatoms. The van der Waals surface area contributed by atoms with Crippen molar-refractivity contribution in [2.24, 2.45) is 0 Å². The summed E-state index contributed by atoms with van der Waals surface area (Å²) < 4.78 is 38.6. The number of rotatable bonds is 8. The fourth-order valence-corrected chi connectivity index (χ4v) is 5.20. The van der Waals surface area contributed by atoms with Crippen LogP contribution in [0.1, 0.15) is 23.7 Å². The Morgan fingerprint density at radius 1 is 1.18 bits per heavy atom. The van der Waals surface area contributed by atoms with Gasteiger partial charge in [-0.25, -0.2) is 13.1 Å². The molecule has 180 valence electrons. The van der Waals surface area contributed by atoms with Crippen LogP contribution < -0.4 is 0 Å². The summed E-state index contributed by atoms with van der Waals surface area (Å²) in [5.41, 5.74) is 2.39. The minimum Gasteiger partial charge on any atom is -0.468 e. The first-order chi connectivity index (χ1) is 15.7. The smallest absolute Gasteiger partial charge is 0.327 e. The third kappa shape index (κ3) is 6.59. The Bertz CT molecular complexity index is 1070. The van der Waals surface area contributed by atoms with Crippen molar-refractivity contribution in [3.63, 3.8) is 0 Å². The van der Waals surface area contributed by atoms with E-state index in [1.807, 2.05) is 36.1 Å². The van der Waals surface area contributed by atoms with E-state index >= 15 is 0 Å². The monoisotopic (exact) mass is 479 g/mol. The van der Waals surface area contributed by atoms with Gasteiger partial charge in [-0.15, -0.1) is 5.10 Å². The van der Waals surface area contributed by atoms with Gasteiger partial charge in [-0.05, 0) is 19.4 Å². The van der Waals surface area contributed by atoms with Gasteiger partial charge in [0.25, 0.3) is 0 Å². The molecule has 0 spiro atoms. The first-order valence-corrected chi connectivity index (χ1v) is 12.2. The molecule has 1 aliphatic heterocycles. The summed E-state index contributed by atoms with van der Waals surface area (Å²) in [6.45, 7) is 4.58. The molecule has 1 fully saturated rings. The Hall–Kier alpha value is -2.83. The van der Waals surface area contributed by atoms with E-state index in [9.17, 15) is 18.0 Å². The van der Waals surface area contributed by atoms with Crippen molar-refractivity contribution in [2.45, 2.75) is 39.5 Å². The van der Waals surface area contributed by atoms with Gasteiger partial charge in [0.05, 0.1) is 31.4 Å². The predicted octanol–water partition coefficient (Wildman–Crippen LogP) is 0.339. The van der Waals surface area contributed by atoms with Gasteiger partial charge >= 0.3 is 11.9 Å². The molecule has 0 bridgehead atoms. The van der Waals surface area contributed by atoms with Crippen LogP contribution in [0.5, 0.6) is 0 Å². The second kappa shape index (κ2) is 10.9. The fourth-order valence-electron chi connectivity index (χ4n) is 3.59.